The standard InChI is InChI=1S/C22H23N5O2/c1-13(2)19(21-24-17-6-4-5-7-18(17)25-21)26-22(28)16-12-23-27-20(16)14-8-10-15(29-3)11-9-14/h4-13,19H,1-3H3,(H,23,27)(H,24,25)(H,26,28)/t19-/m0/s1. The molecule has 2 heterocycles. The smallest absolute Gasteiger partial charge is 0.255 e. The van der Waals surface area contributed by atoms with Gasteiger partial charge in [-0.05, 0) is 42.3 Å². The summed E-state index contributed by atoms with van der Waals surface area (Å²) in [7, 11) is 1.62. The fourth-order valence-corrected chi connectivity index (χ4v) is 3.33. The first-order chi connectivity index (χ1) is 14.1. The Bertz CT molecular complexity index is 1090. The van der Waals surface area contributed by atoms with Gasteiger partial charge in [-0.25, -0.2) is 4.98 Å². The second-order valence-corrected chi connectivity index (χ2v) is 7.22. The van der Waals surface area contributed by atoms with Crippen molar-refractivity contribution in [2.45, 2.75) is 19.9 Å². The van der Waals surface area contributed by atoms with Crippen LogP contribution in [-0.4, -0.2) is 33.2 Å². The molecular weight excluding hydrogens is 366 g/mol. The van der Waals surface area contributed by atoms with E-state index < -0.39 is 0 Å². The lowest BCUT2D eigenvalue weighted by Gasteiger charge is -2.20. The van der Waals surface area contributed by atoms with Crippen molar-refractivity contribution in [3.05, 3.63) is 66.1 Å². The second-order valence-electron chi connectivity index (χ2n) is 7.22. The number of methoxy groups -OCH3 is 1. The third-order valence-electron chi connectivity index (χ3n) is 4.92. The third-order valence-corrected chi connectivity index (χ3v) is 4.92. The van der Waals surface area contributed by atoms with Gasteiger partial charge in [0.2, 0.25) is 0 Å². The molecule has 3 N–H and O–H groups in total. The normalized spacial score (nSPS) is 12.3. The molecule has 4 aromatic rings. The first-order valence-corrected chi connectivity index (χ1v) is 9.50. The van der Waals surface area contributed by atoms with Gasteiger partial charge in [0.1, 0.15) is 11.6 Å². The Labute approximate surface area is 168 Å². The Hall–Kier alpha value is -3.61. The molecule has 0 aliphatic heterocycles. The van der Waals surface area contributed by atoms with Gasteiger partial charge in [-0.3, -0.25) is 9.89 Å². The lowest BCUT2D eigenvalue weighted by molar-refractivity contribution is 0.0924. The quantitative estimate of drug-likeness (QED) is 0.463. The number of rotatable bonds is 6. The summed E-state index contributed by atoms with van der Waals surface area (Å²) in [5, 5.41) is 10.1. The van der Waals surface area contributed by atoms with Gasteiger partial charge in [-0.2, -0.15) is 5.10 Å². The molecule has 0 fully saturated rings. The number of imidazole rings is 1. The number of nitrogens with one attached hydrogen (secondary N) is 3. The highest BCUT2D eigenvalue weighted by Crippen LogP contribution is 2.26. The highest BCUT2D eigenvalue weighted by Gasteiger charge is 2.24. The molecule has 4 rings (SSSR count). The van der Waals surface area contributed by atoms with Gasteiger partial charge in [0, 0.05) is 5.56 Å². The lowest BCUT2D eigenvalue weighted by Crippen LogP contribution is -2.32. The number of hydrogen-bond donors (Lipinski definition) is 3. The first-order valence-electron chi connectivity index (χ1n) is 9.50. The molecule has 2 aromatic heterocycles. The summed E-state index contributed by atoms with van der Waals surface area (Å²) >= 11 is 0. The maximum absolute atomic E-state index is 13.1. The predicted octanol–water partition coefficient (Wildman–Crippen LogP) is 4.09. The fourth-order valence-electron chi connectivity index (χ4n) is 3.33. The van der Waals surface area contributed by atoms with Crippen molar-refractivity contribution in [2.24, 2.45) is 5.92 Å². The highest BCUT2D eigenvalue weighted by molar-refractivity contribution is 6.00. The van der Waals surface area contributed by atoms with Crippen molar-refractivity contribution in [3.63, 3.8) is 0 Å². The fraction of sp³-hybridized carbons (Fsp3) is 0.227. The number of nitrogens with zero attached hydrogens (tertiary/aromatic N) is 2. The number of H-pyrrole nitrogens is 2. The summed E-state index contributed by atoms with van der Waals surface area (Å²) in [6.07, 6.45) is 1.55. The van der Waals surface area contributed by atoms with E-state index in [4.69, 9.17) is 4.74 Å². The molecule has 1 amide bonds. The van der Waals surface area contributed by atoms with Crippen molar-refractivity contribution in [1.82, 2.24) is 25.5 Å². The molecule has 7 heteroatoms. The zero-order valence-electron chi connectivity index (χ0n) is 16.6. The van der Waals surface area contributed by atoms with Crippen LogP contribution in [0.5, 0.6) is 5.75 Å². The first kappa shape index (κ1) is 18.7. The van der Waals surface area contributed by atoms with Crippen LogP contribution in [0.2, 0.25) is 0 Å². The van der Waals surface area contributed by atoms with Crippen LogP contribution in [0.4, 0.5) is 0 Å². The molecule has 7 nitrogen and oxygen atoms in total. The van der Waals surface area contributed by atoms with Crippen molar-refractivity contribution >= 4 is 16.9 Å². The number of carbonyl (C=O) groups excluding carboxylic acids is 1. The summed E-state index contributed by atoms with van der Waals surface area (Å²) in [4.78, 5) is 21.1. The van der Waals surface area contributed by atoms with Crippen molar-refractivity contribution in [2.75, 3.05) is 7.11 Å². The number of fused-ring (bicyclic) bond motifs is 1. The predicted molar refractivity (Wildman–Crippen MR) is 112 cm³/mol. The van der Waals surface area contributed by atoms with Crippen LogP contribution in [0.3, 0.4) is 0 Å². The molecule has 0 unspecified atom stereocenters. The van der Waals surface area contributed by atoms with E-state index in [2.05, 4.69) is 39.3 Å². The number of para-hydroxylation sites is 2. The topological polar surface area (TPSA) is 95.7 Å². The van der Waals surface area contributed by atoms with Gasteiger partial charge in [0.25, 0.3) is 5.91 Å². The maximum atomic E-state index is 13.1. The zero-order valence-corrected chi connectivity index (χ0v) is 16.6. The average Bonchev–Trinajstić information content (AvgIpc) is 3.38. The minimum Gasteiger partial charge on any atom is -0.497 e. The van der Waals surface area contributed by atoms with Crippen molar-refractivity contribution in [3.8, 4) is 17.0 Å². The average molecular weight is 389 g/mol. The molecular formula is C22H23N5O2. The van der Waals surface area contributed by atoms with Gasteiger partial charge in [-0.1, -0.05) is 26.0 Å². The lowest BCUT2D eigenvalue weighted by atomic mass is 10.0. The molecule has 2 aromatic carbocycles. The summed E-state index contributed by atoms with van der Waals surface area (Å²) in [6, 6.07) is 15.1. The van der Waals surface area contributed by atoms with Gasteiger partial charge in [0.15, 0.2) is 0 Å². The van der Waals surface area contributed by atoms with Crippen molar-refractivity contribution < 1.29 is 9.53 Å². The van der Waals surface area contributed by atoms with E-state index in [1.165, 1.54) is 0 Å². The van der Waals surface area contributed by atoms with Crippen LogP contribution in [0.15, 0.2) is 54.7 Å². The van der Waals surface area contributed by atoms with Crippen LogP contribution in [0.1, 0.15) is 36.1 Å². The van der Waals surface area contributed by atoms with Gasteiger partial charge in [-0.15, -0.1) is 0 Å². The minimum atomic E-state index is -0.256. The van der Waals surface area contributed by atoms with Crippen LogP contribution in [0, 0.1) is 5.92 Å². The van der Waals surface area contributed by atoms with Gasteiger partial charge >= 0.3 is 0 Å². The Morgan fingerprint density at radius 3 is 2.55 bits per heavy atom. The number of ether oxygens (including phenoxy) is 1. The minimum absolute atomic E-state index is 0.149. The SMILES string of the molecule is COc1ccc(-c2[nH]ncc2C(=O)N[C@H](c2nc3ccccc3[nH]2)C(C)C)cc1. The van der Waals surface area contributed by atoms with Crippen LogP contribution >= 0.6 is 0 Å². The number of aromatic amines is 2. The summed E-state index contributed by atoms with van der Waals surface area (Å²) < 4.78 is 5.20. The van der Waals surface area contributed by atoms with E-state index in [9.17, 15) is 4.79 Å². The Kier molecular flexibility index (Phi) is 5.03. The second kappa shape index (κ2) is 7.79. The number of benzene rings is 2. The van der Waals surface area contributed by atoms with Crippen LogP contribution < -0.4 is 10.1 Å². The number of amides is 1. The Balaban J connectivity index is 1.61. The number of hydrogen-bond acceptors (Lipinski definition) is 4. The monoisotopic (exact) mass is 389 g/mol. The summed E-state index contributed by atoms with van der Waals surface area (Å²) in [6.45, 7) is 4.11. The molecule has 0 aliphatic carbocycles. The third kappa shape index (κ3) is 3.71. The molecule has 1 atom stereocenters. The van der Waals surface area contributed by atoms with E-state index in [1.807, 2.05) is 48.5 Å². The molecule has 0 spiro atoms. The zero-order chi connectivity index (χ0) is 20.4. The van der Waals surface area contributed by atoms with E-state index in [0.29, 0.717) is 11.3 Å². The summed E-state index contributed by atoms with van der Waals surface area (Å²) in [5.74, 6) is 1.44. The maximum Gasteiger partial charge on any atom is 0.255 e. The molecule has 0 saturated heterocycles. The Morgan fingerprint density at radius 2 is 1.86 bits per heavy atom. The summed E-state index contributed by atoms with van der Waals surface area (Å²) in [5.41, 5.74) is 3.83. The molecule has 0 aliphatic rings. The number of aromatic nitrogens is 4. The largest absolute Gasteiger partial charge is 0.497 e. The Morgan fingerprint density at radius 1 is 1.10 bits per heavy atom. The molecule has 0 saturated carbocycles. The van der Waals surface area contributed by atoms with Crippen LogP contribution in [0.25, 0.3) is 22.3 Å². The van der Waals surface area contributed by atoms with E-state index >= 15 is 0 Å². The van der Waals surface area contributed by atoms with E-state index in [1.54, 1.807) is 13.3 Å². The van der Waals surface area contributed by atoms with E-state index in [-0.39, 0.29) is 17.9 Å². The van der Waals surface area contributed by atoms with Gasteiger partial charge in [0.05, 0.1) is 41.6 Å². The van der Waals surface area contributed by atoms with Gasteiger partial charge < -0.3 is 15.0 Å². The highest BCUT2D eigenvalue weighted by atomic mass is 16.5. The molecule has 0 radical (unpaired) electrons. The molecule has 148 valence electrons. The molecule has 29 heavy (non-hydrogen) atoms. The molecule has 0 bridgehead atoms. The van der Waals surface area contributed by atoms with Crippen LogP contribution in [-0.2, 0) is 0 Å². The van der Waals surface area contributed by atoms with Crippen molar-refractivity contribution in [1.29, 1.82) is 0 Å². The van der Waals surface area contributed by atoms with E-state index in [0.717, 1.165) is 28.2 Å². The number of carbonyl (C=O) groups is 1.